The van der Waals surface area contributed by atoms with Crippen molar-refractivity contribution in [3.63, 3.8) is 0 Å². The SMILES string of the molecule is CC1(C)CCSCC1NCc1ccc(C#N)cc1. The molecule has 0 bridgehead atoms. The molecule has 1 heterocycles. The second kappa shape index (κ2) is 5.77. The van der Waals surface area contributed by atoms with Crippen molar-refractivity contribution in [2.75, 3.05) is 11.5 Å². The van der Waals surface area contributed by atoms with E-state index in [1.54, 1.807) is 0 Å². The monoisotopic (exact) mass is 260 g/mol. The van der Waals surface area contributed by atoms with Gasteiger partial charge in [-0.2, -0.15) is 17.0 Å². The fourth-order valence-corrected chi connectivity index (χ4v) is 3.85. The molecule has 96 valence electrons. The molecule has 0 aromatic heterocycles. The summed E-state index contributed by atoms with van der Waals surface area (Å²) in [5, 5.41) is 12.4. The van der Waals surface area contributed by atoms with E-state index >= 15 is 0 Å². The van der Waals surface area contributed by atoms with Gasteiger partial charge in [0, 0.05) is 18.3 Å². The van der Waals surface area contributed by atoms with E-state index in [4.69, 9.17) is 5.26 Å². The van der Waals surface area contributed by atoms with Crippen molar-refractivity contribution < 1.29 is 0 Å². The fourth-order valence-electron chi connectivity index (χ4n) is 2.21. The highest BCUT2D eigenvalue weighted by Gasteiger charge is 2.31. The van der Waals surface area contributed by atoms with Crippen molar-refractivity contribution >= 4 is 11.8 Å². The molecule has 0 radical (unpaired) electrons. The van der Waals surface area contributed by atoms with Crippen molar-refractivity contribution in [1.82, 2.24) is 5.32 Å². The first-order valence-corrected chi connectivity index (χ1v) is 7.57. The average molecular weight is 260 g/mol. The van der Waals surface area contributed by atoms with E-state index in [0.717, 1.165) is 12.1 Å². The van der Waals surface area contributed by atoms with Crippen LogP contribution in [0.25, 0.3) is 0 Å². The molecule has 2 rings (SSSR count). The van der Waals surface area contributed by atoms with E-state index < -0.39 is 0 Å². The Morgan fingerprint density at radius 3 is 2.72 bits per heavy atom. The second-order valence-corrected chi connectivity index (χ2v) is 6.71. The summed E-state index contributed by atoms with van der Waals surface area (Å²) in [6.07, 6.45) is 1.28. The van der Waals surface area contributed by atoms with Gasteiger partial charge in [-0.1, -0.05) is 26.0 Å². The Balaban J connectivity index is 1.92. The molecule has 1 aromatic rings. The van der Waals surface area contributed by atoms with Crippen LogP contribution in [0.3, 0.4) is 0 Å². The van der Waals surface area contributed by atoms with E-state index in [2.05, 4.69) is 25.2 Å². The van der Waals surface area contributed by atoms with Gasteiger partial charge in [0.25, 0.3) is 0 Å². The average Bonchev–Trinajstić information content (AvgIpc) is 2.38. The standard InChI is InChI=1S/C15H20N2S/c1-15(2)7-8-18-11-14(15)17-10-13-5-3-12(9-16)4-6-13/h3-6,14,17H,7-8,10-11H2,1-2H3. The van der Waals surface area contributed by atoms with Crippen LogP contribution >= 0.6 is 11.8 Å². The van der Waals surface area contributed by atoms with Gasteiger partial charge in [-0.3, -0.25) is 0 Å². The van der Waals surface area contributed by atoms with E-state index in [1.807, 2.05) is 36.0 Å². The van der Waals surface area contributed by atoms with Crippen LogP contribution in [0, 0.1) is 16.7 Å². The Kier molecular flexibility index (Phi) is 4.31. The lowest BCUT2D eigenvalue weighted by Crippen LogP contribution is -2.46. The van der Waals surface area contributed by atoms with Gasteiger partial charge >= 0.3 is 0 Å². The highest BCUT2D eigenvalue weighted by atomic mass is 32.2. The van der Waals surface area contributed by atoms with Crippen LogP contribution in [0.2, 0.25) is 0 Å². The van der Waals surface area contributed by atoms with Gasteiger partial charge in [0.05, 0.1) is 11.6 Å². The van der Waals surface area contributed by atoms with E-state index in [-0.39, 0.29) is 0 Å². The zero-order valence-electron chi connectivity index (χ0n) is 11.1. The minimum atomic E-state index is 0.387. The van der Waals surface area contributed by atoms with Crippen LogP contribution < -0.4 is 5.32 Å². The Morgan fingerprint density at radius 2 is 2.11 bits per heavy atom. The molecule has 3 heteroatoms. The van der Waals surface area contributed by atoms with Crippen LogP contribution in [0.15, 0.2) is 24.3 Å². The van der Waals surface area contributed by atoms with Crippen LogP contribution in [-0.2, 0) is 6.54 Å². The van der Waals surface area contributed by atoms with Gasteiger partial charge in [0.15, 0.2) is 0 Å². The summed E-state index contributed by atoms with van der Waals surface area (Å²) < 4.78 is 0. The maximum atomic E-state index is 8.76. The van der Waals surface area contributed by atoms with E-state index in [0.29, 0.717) is 11.5 Å². The Hall–Kier alpha value is -0.980. The number of thioether (sulfide) groups is 1. The number of benzene rings is 1. The van der Waals surface area contributed by atoms with Gasteiger partial charge in [-0.05, 0) is 35.3 Å². The molecule has 0 spiro atoms. The lowest BCUT2D eigenvalue weighted by Gasteiger charge is -2.39. The molecule has 1 atom stereocenters. The predicted molar refractivity (Wildman–Crippen MR) is 77.5 cm³/mol. The molecule has 0 saturated carbocycles. The Morgan fingerprint density at radius 1 is 1.39 bits per heavy atom. The first-order chi connectivity index (χ1) is 8.62. The van der Waals surface area contributed by atoms with Crippen molar-refractivity contribution in [2.24, 2.45) is 5.41 Å². The third kappa shape index (κ3) is 3.28. The summed E-state index contributed by atoms with van der Waals surface area (Å²) in [6, 6.07) is 10.6. The zero-order valence-corrected chi connectivity index (χ0v) is 11.9. The van der Waals surface area contributed by atoms with Crippen LogP contribution in [0.4, 0.5) is 0 Å². The molecule has 0 amide bonds. The summed E-state index contributed by atoms with van der Waals surface area (Å²) in [7, 11) is 0. The molecular weight excluding hydrogens is 240 g/mol. The largest absolute Gasteiger partial charge is 0.309 e. The van der Waals surface area contributed by atoms with E-state index in [1.165, 1.54) is 23.5 Å². The van der Waals surface area contributed by atoms with Gasteiger partial charge in [-0.25, -0.2) is 0 Å². The predicted octanol–water partition coefficient (Wildman–Crippen LogP) is 3.18. The highest BCUT2D eigenvalue weighted by Crippen LogP contribution is 2.34. The second-order valence-electron chi connectivity index (χ2n) is 5.56. The lowest BCUT2D eigenvalue weighted by molar-refractivity contribution is 0.245. The molecule has 1 N–H and O–H groups in total. The number of hydrogen-bond acceptors (Lipinski definition) is 3. The third-order valence-electron chi connectivity index (χ3n) is 3.75. The number of nitrogens with zero attached hydrogens (tertiary/aromatic N) is 1. The van der Waals surface area contributed by atoms with Crippen LogP contribution in [0.1, 0.15) is 31.4 Å². The Bertz CT molecular complexity index is 431. The first kappa shape index (κ1) is 13.5. The van der Waals surface area contributed by atoms with Crippen molar-refractivity contribution in [3.05, 3.63) is 35.4 Å². The maximum absolute atomic E-state index is 8.76. The third-order valence-corrected chi connectivity index (χ3v) is 4.82. The molecule has 18 heavy (non-hydrogen) atoms. The summed E-state index contributed by atoms with van der Waals surface area (Å²) in [6.45, 7) is 5.59. The highest BCUT2D eigenvalue weighted by molar-refractivity contribution is 7.99. The fraction of sp³-hybridized carbons (Fsp3) is 0.533. The molecule has 1 aliphatic heterocycles. The topological polar surface area (TPSA) is 35.8 Å². The molecule has 1 aliphatic rings. The molecule has 1 unspecified atom stereocenters. The summed E-state index contributed by atoms with van der Waals surface area (Å²) >= 11 is 2.04. The normalized spacial score (nSPS) is 22.4. The minimum absolute atomic E-state index is 0.387. The maximum Gasteiger partial charge on any atom is 0.0991 e. The van der Waals surface area contributed by atoms with Gasteiger partial charge in [-0.15, -0.1) is 0 Å². The van der Waals surface area contributed by atoms with Gasteiger partial charge < -0.3 is 5.32 Å². The van der Waals surface area contributed by atoms with Crippen molar-refractivity contribution in [2.45, 2.75) is 32.9 Å². The molecule has 1 aromatic carbocycles. The summed E-state index contributed by atoms with van der Waals surface area (Å²) in [4.78, 5) is 0. The molecular formula is C15H20N2S. The van der Waals surface area contributed by atoms with Crippen molar-refractivity contribution in [3.8, 4) is 6.07 Å². The van der Waals surface area contributed by atoms with Gasteiger partial charge in [0.2, 0.25) is 0 Å². The number of hydrogen-bond donors (Lipinski definition) is 1. The van der Waals surface area contributed by atoms with Crippen LogP contribution in [0.5, 0.6) is 0 Å². The number of nitriles is 1. The van der Waals surface area contributed by atoms with Gasteiger partial charge in [0.1, 0.15) is 0 Å². The first-order valence-electron chi connectivity index (χ1n) is 6.42. The summed E-state index contributed by atoms with van der Waals surface area (Å²) in [5.41, 5.74) is 2.37. The molecule has 2 nitrogen and oxygen atoms in total. The van der Waals surface area contributed by atoms with Crippen LogP contribution in [-0.4, -0.2) is 17.5 Å². The minimum Gasteiger partial charge on any atom is -0.309 e. The molecule has 1 saturated heterocycles. The number of rotatable bonds is 3. The lowest BCUT2D eigenvalue weighted by atomic mass is 9.82. The quantitative estimate of drug-likeness (QED) is 0.906. The van der Waals surface area contributed by atoms with E-state index in [9.17, 15) is 0 Å². The Labute approximate surface area is 114 Å². The number of nitrogens with one attached hydrogen (secondary N) is 1. The summed E-state index contributed by atoms with van der Waals surface area (Å²) in [5.74, 6) is 2.48. The zero-order chi connectivity index (χ0) is 13.0. The van der Waals surface area contributed by atoms with Crippen molar-refractivity contribution in [1.29, 1.82) is 5.26 Å². The molecule has 1 fully saturated rings. The molecule has 0 aliphatic carbocycles. The smallest absolute Gasteiger partial charge is 0.0991 e.